The third kappa shape index (κ3) is 8.23. The predicted molar refractivity (Wildman–Crippen MR) is 142 cm³/mol. The van der Waals surface area contributed by atoms with Crippen molar-refractivity contribution in [1.29, 1.82) is 4.78 Å². The molecule has 12 heteroatoms. The number of hydrogen-bond acceptors (Lipinski definition) is 4. The molecule has 0 aliphatic carbocycles. The number of nitrogens with zero attached hydrogens (tertiary/aromatic N) is 3. The molecule has 0 radical (unpaired) electrons. The average molecular weight is 548 g/mol. The molecule has 3 aromatic carbocycles. The van der Waals surface area contributed by atoms with Gasteiger partial charge in [-0.3, -0.25) is 9.77 Å². The zero-order chi connectivity index (χ0) is 27.9. The van der Waals surface area contributed by atoms with Crippen molar-refractivity contribution in [3.05, 3.63) is 94.8 Å². The number of nitrogens with one attached hydrogen (secondary N) is 2. The van der Waals surface area contributed by atoms with Crippen LogP contribution in [-0.2, 0) is 28.3 Å². The molecule has 0 heterocycles. The Morgan fingerprint density at radius 1 is 1.08 bits per heavy atom. The summed E-state index contributed by atoms with van der Waals surface area (Å²) in [5.74, 6) is -0.272. The minimum Gasteiger partial charge on any atom is -0.488 e. The van der Waals surface area contributed by atoms with Crippen molar-refractivity contribution >= 4 is 33.9 Å². The van der Waals surface area contributed by atoms with Crippen LogP contribution in [0.2, 0.25) is 0 Å². The summed E-state index contributed by atoms with van der Waals surface area (Å²) in [5, 5.41) is 3.01. The topological polar surface area (TPSA) is 99.3 Å². The molecule has 1 atom stereocenters. The zero-order valence-corrected chi connectivity index (χ0v) is 21.4. The van der Waals surface area contributed by atoms with Crippen molar-refractivity contribution in [2.75, 3.05) is 18.6 Å². The van der Waals surface area contributed by atoms with E-state index in [0.717, 1.165) is 18.2 Å². The van der Waals surface area contributed by atoms with Gasteiger partial charge in [0.05, 0.1) is 16.9 Å². The highest BCUT2D eigenvalue weighted by atomic mass is 32.2. The molecule has 0 amide bonds. The molecule has 0 saturated carbocycles. The summed E-state index contributed by atoms with van der Waals surface area (Å²) in [6.07, 6.45) is -3.10. The van der Waals surface area contributed by atoms with Crippen LogP contribution in [0.15, 0.2) is 81.7 Å². The van der Waals surface area contributed by atoms with E-state index in [4.69, 9.17) is 9.52 Å². The molecule has 38 heavy (non-hydrogen) atoms. The Balaban J connectivity index is 1.84. The maximum absolute atomic E-state index is 14.0. The molecule has 3 aromatic rings. The third-order valence-corrected chi connectivity index (χ3v) is 5.94. The normalized spacial score (nSPS) is 14.1. The van der Waals surface area contributed by atoms with Gasteiger partial charge in [-0.2, -0.15) is 18.2 Å². The average Bonchev–Trinajstić information content (AvgIpc) is 2.84. The van der Waals surface area contributed by atoms with Crippen LogP contribution in [0.1, 0.15) is 22.3 Å². The number of aliphatic imine (C=N–C) groups is 3. The Kier molecular flexibility index (Phi) is 9.00. The zero-order valence-electron chi connectivity index (χ0n) is 20.6. The van der Waals surface area contributed by atoms with Crippen molar-refractivity contribution in [3.63, 3.8) is 0 Å². The van der Waals surface area contributed by atoms with Crippen molar-refractivity contribution in [3.8, 4) is 5.75 Å². The van der Waals surface area contributed by atoms with Gasteiger partial charge in [0.25, 0.3) is 0 Å². The van der Waals surface area contributed by atoms with Gasteiger partial charge in [0, 0.05) is 34.8 Å². The first kappa shape index (κ1) is 28.5. The summed E-state index contributed by atoms with van der Waals surface area (Å²) in [6.45, 7) is 3.40. The summed E-state index contributed by atoms with van der Waals surface area (Å²) in [5.41, 5.74) is 1.21. The summed E-state index contributed by atoms with van der Waals surface area (Å²) in [6, 6.07) is 15.1. The Morgan fingerprint density at radius 3 is 2.39 bits per heavy atom. The number of ether oxygens (including phenoxy) is 1. The number of rotatable bonds is 7. The van der Waals surface area contributed by atoms with E-state index in [2.05, 4.69) is 27.0 Å². The van der Waals surface area contributed by atoms with Crippen LogP contribution >= 0.6 is 0 Å². The molecule has 0 aliphatic rings. The Hall–Kier alpha value is -4.06. The van der Waals surface area contributed by atoms with Crippen LogP contribution in [0.5, 0.6) is 5.75 Å². The Labute approximate surface area is 218 Å². The molecule has 0 bridgehead atoms. The first-order valence-electron chi connectivity index (χ1n) is 11.1. The summed E-state index contributed by atoms with van der Waals surface area (Å²) >= 11 is 0. The molecule has 0 fully saturated rings. The predicted octanol–water partition coefficient (Wildman–Crippen LogP) is 6.15. The number of halogens is 4. The first-order valence-corrected chi connectivity index (χ1v) is 13.2. The number of guanidine groups is 1. The third-order valence-electron chi connectivity index (χ3n) is 5.06. The number of alkyl halides is 3. The van der Waals surface area contributed by atoms with E-state index in [9.17, 15) is 21.8 Å². The first-order chi connectivity index (χ1) is 17.9. The van der Waals surface area contributed by atoms with Gasteiger partial charge in [-0.15, -0.1) is 0 Å². The van der Waals surface area contributed by atoms with Crippen molar-refractivity contribution in [2.24, 2.45) is 15.0 Å². The van der Waals surface area contributed by atoms with E-state index in [0.29, 0.717) is 16.8 Å². The lowest BCUT2D eigenvalue weighted by molar-refractivity contribution is -0.137. The maximum atomic E-state index is 14.0. The lowest BCUT2D eigenvalue weighted by atomic mass is 10.1. The summed E-state index contributed by atoms with van der Waals surface area (Å²) < 4.78 is 77.7. The van der Waals surface area contributed by atoms with Gasteiger partial charge in [0.2, 0.25) is 5.96 Å². The van der Waals surface area contributed by atoms with E-state index in [1.54, 1.807) is 24.3 Å². The van der Waals surface area contributed by atoms with E-state index in [-0.39, 0.29) is 35.5 Å². The number of hydrogen-bond donors (Lipinski definition) is 2. The van der Waals surface area contributed by atoms with Crippen LogP contribution in [0, 0.1) is 10.6 Å². The second-order valence-electron chi connectivity index (χ2n) is 8.24. The van der Waals surface area contributed by atoms with Crippen LogP contribution in [0.3, 0.4) is 0 Å². The standard InChI is InChI=1S/C26H25F4N5O2S/c1-32-24(35-25(33-2)34-21-6-4-5-18(13-21)16-38(3,31)36)22-12-11-20(27)14-23(22)37-15-17-7-9-19(10-8-17)26(28,29)30/h4-14,31H,1,15-16H2,2-3H3,(H,33,34)/b35-24-. The second kappa shape index (κ2) is 12.0. The van der Waals surface area contributed by atoms with Crippen LogP contribution < -0.4 is 10.1 Å². The minimum atomic E-state index is -4.46. The second-order valence-corrected chi connectivity index (χ2v) is 10.5. The van der Waals surface area contributed by atoms with E-state index >= 15 is 0 Å². The Morgan fingerprint density at radius 2 is 1.79 bits per heavy atom. The molecule has 200 valence electrons. The number of benzene rings is 3. The summed E-state index contributed by atoms with van der Waals surface area (Å²) in [4.78, 5) is 12.4. The molecular weight excluding hydrogens is 522 g/mol. The fourth-order valence-electron chi connectivity index (χ4n) is 3.35. The van der Waals surface area contributed by atoms with Gasteiger partial charge in [-0.25, -0.2) is 13.6 Å². The fraction of sp³-hybridized carbons (Fsp3) is 0.192. The minimum absolute atomic E-state index is 0.0550. The van der Waals surface area contributed by atoms with Crippen molar-refractivity contribution in [2.45, 2.75) is 18.5 Å². The van der Waals surface area contributed by atoms with Crippen molar-refractivity contribution in [1.82, 2.24) is 0 Å². The van der Waals surface area contributed by atoms with Gasteiger partial charge in [-0.05, 0) is 54.2 Å². The van der Waals surface area contributed by atoms with Gasteiger partial charge < -0.3 is 10.1 Å². The fourth-order valence-corrected chi connectivity index (χ4v) is 4.17. The lowest BCUT2D eigenvalue weighted by Gasteiger charge is -2.13. The molecule has 0 spiro atoms. The highest BCUT2D eigenvalue weighted by Crippen LogP contribution is 2.29. The molecule has 0 aromatic heterocycles. The molecule has 7 nitrogen and oxygen atoms in total. The largest absolute Gasteiger partial charge is 0.488 e. The summed E-state index contributed by atoms with van der Waals surface area (Å²) in [7, 11) is -1.24. The van der Waals surface area contributed by atoms with Crippen molar-refractivity contribution < 1.29 is 26.5 Å². The van der Waals surface area contributed by atoms with Crippen LogP contribution in [0.25, 0.3) is 0 Å². The van der Waals surface area contributed by atoms with E-state index in [1.807, 2.05) is 0 Å². The van der Waals surface area contributed by atoms with E-state index in [1.165, 1.54) is 37.6 Å². The van der Waals surface area contributed by atoms with Crippen LogP contribution in [-0.4, -0.2) is 36.0 Å². The molecule has 0 saturated heterocycles. The smallest absolute Gasteiger partial charge is 0.416 e. The molecule has 0 aliphatic heterocycles. The van der Waals surface area contributed by atoms with Gasteiger partial charge in [-0.1, -0.05) is 24.3 Å². The highest BCUT2D eigenvalue weighted by Gasteiger charge is 2.29. The van der Waals surface area contributed by atoms with Crippen LogP contribution in [0.4, 0.5) is 23.2 Å². The number of amidine groups is 1. The maximum Gasteiger partial charge on any atom is 0.416 e. The monoisotopic (exact) mass is 547 g/mol. The molecule has 1 unspecified atom stereocenters. The van der Waals surface area contributed by atoms with Gasteiger partial charge >= 0.3 is 6.18 Å². The molecule has 3 rings (SSSR count). The van der Waals surface area contributed by atoms with Gasteiger partial charge in [0.15, 0.2) is 5.84 Å². The van der Waals surface area contributed by atoms with E-state index < -0.39 is 27.3 Å². The van der Waals surface area contributed by atoms with Gasteiger partial charge in [0.1, 0.15) is 18.2 Å². The molecular formula is C26H25F4N5O2S. The number of anilines is 1. The highest BCUT2D eigenvalue weighted by molar-refractivity contribution is 7.90. The lowest BCUT2D eigenvalue weighted by Crippen LogP contribution is -2.14. The molecule has 2 N–H and O–H groups in total. The SMILES string of the molecule is C=N/C(=N\C(=N/C)Nc1cccc(CS(C)(=N)=O)c1)c1ccc(F)cc1OCc1ccc(C(F)(F)F)cc1. The quantitative estimate of drug-likeness (QED) is 0.211. The Bertz CT molecular complexity index is 1470.